The van der Waals surface area contributed by atoms with Crippen molar-refractivity contribution < 1.29 is 43.7 Å². The lowest BCUT2D eigenvalue weighted by atomic mass is 9.92. The number of nitrogens with zero attached hydrogens (tertiary/aromatic N) is 5. The van der Waals surface area contributed by atoms with Gasteiger partial charge in [-0.25, -0.2) is 0 Å². The molecule has 18 nitrogen and oxygen atoms in total. The number of hydrogen-bond acceptors (Lipinski definition) is 13. The molecule has 0 aliphatic carbocycles. The van der Waals surface area contributed by atoms with E-state index in [1.54, 1.807) is 39.2 Å². The molecule has 57 heavy (non-hydrogen) atoms. The molecule has 0 spiro atoms. The van der Waals surface area contributed by atoms with Crippen LogP contribution in [-0.2, 0) is 46.6 Å². The third-order valence-corrected chi connectivity index (χ3v) is 11.4. The largest absolute Gasteiger partial charge is 0.391 e. The zero-order valence-electron chi connectivity index (χ0n) is 35.4. The molecule has 3 aliphatic heterocycles. The van der Waals surface area contributed by atoms with Gasteiger partial charge in [0.05, 0.1) is 56.1 Å². The second kappa shape index (κ2) is 21.8. The molecule has 2 bridgehead atoms. The number of aliphatic hydroxyl groups excluding tert-OH is 2. The van der Waals surface area contributed by atoms with Crippen LogP contribution < -0.4 is 21.3 Å². The van der Waals surface area contributed by atoms with E-state index < -0.39 is 60.0 Å². The highest BCUT2D eigenvalue weighted by atomic mass is 16.5. The van der Waals surface area contributed by atoms with Gasteiger partial charge in [-0.2, -0.15) is 0 Å². The van der Waals surface area contributed by atoms with E-state index in [0.717, 1.165) is 18.7 Å². The number of carbonyl (C=O) groups is 6. The first-order chi connectivity index (χ1) is 26.8. The lowest BCUT2D eigenvalue weighted by Gasteiger charge is -2.36. The Morgan fingerprint density at radius 3 is 1.61 bits per heavy atom. The van der Waals surface area contributed by atoms with E-state index in [0.29, 0.717) is 32.8 Å². The van der Waals surface area contributed by atoms with Crippen molar-refractivity contribution in [3.8, 4) is 0 Å². The van der Waals surface area contributed by atoms with Crippen molar-refractivity contribution >= 4 is 35.2 Å². The topological polar surface area (TPSA) is 237 Å². The van der Waals surface area contributed by atoms with Crippen LogP contribution in [0.1, 0.15) is 86.9 Å². The van der Waals surface area contributed by atoms with Gasteiger partial charge >= 0.3 is 0 Å². The van der Waals surface area contributed by atoms with E-state index in [-0.39, 0.29) is 60.1 Å². The average molecular weight is 806 g/mol. The van der Waals surface area contributed by atoms with Crippen LogP contribution in [0.2, 0.25) is 0 Å². The second-order valence-electron chi connectivity index (χ2n) is 16.5. The monoisotopic (exact) mass is 806 g/mol. The smallest absolute Gasteiger partial charge is 0.240 e. The van der Waals surface area contributed by atoms with Crippen molar-refractivity contribution in [2.75, 3.05) is 33.9 Å². The minimum Gasteiger partial charge on any atom is -0.391 e. The summed E-state index contributed by atoms with van der Waals surface area (Å²) >= 11 is 0. The zero-order chi connectivity index (χ0) is 42.7. The van der Waals surface area contributed by atoms with Crippen molar-refractivity contribution in [1.82, 2.24) is 45.8 Å². The Bertz CT molecular complexity index is 1520. The summed E-state index contributed by atoms with van der Waals surface area (Å²) in [5.41, 5.74) is 0. The van der Waals surface area contributed by atoms with Gasteiger partial charge in [-0.05, 0) is 64.5 Å². The summed E-state index contributed by atoms with van der Waals surface area (Å²) in [7, 11) is 3.15. The Kier molecular flexibility index (Phi) is 18.2. The van der Waals surface area contributed by atoms with E-state index in [4.69, 9.17) is 4.74 Å². The molecule has 1 aromatic heterocycles. The van der Waals surface area contributed by atoms with Crippen LogP contribution in [0.25, 0.3) is 0 Å². The maximum Gasteiger partial charge on any atom is 0.240 e. The highest BCUT2D eigenvalue weighted by molar-refractivity contribution is 5.91. The molecule has 18 heteroatoms. The molecule has 10 atom stereocenters. The van der Waals surface area contributed by atoms with Crippen LogP contribution >= 0.6 is 0 Å². The van der Waals surface area contributed by atoms with Gasteiger partial charge in [-0.1, -0.05) is 41.5 Å². The normalized spacial score (nSPS) is 21.9. The fourth-order valence-electron chi connectivity index (χ4n) is 7.87. The summed E-state index contributed by atoms with van der Waals surface area (Å²) in [6, 6.07) is -2.79. The van der Waals surface area contributed by atoms with Crippen LogP contribution in [0.3, 0.4) is 0 Å². The lowest BCUT2D eigenvalue weighted by Crippen LogP contribution is -2.57. The quantitative estimate of drug-likeness (QED) is 0.109. The predicted octanol–water partition coefficient (Wildman–Crippen LogP) is -0.594. The number of hydrogen-bond donors (Lipinski definition) is 6. The Morgan fingerprint density at radius 1 is 0.737 bits per heavy atom. The highest BCUT2D eigenvalue weighted by Gasteiger charge is 2.42. The average Bonchev–Trinajstić information content (AvgIpc) is 3.73. The van der Waals surface area contributed by atoms with Gasteiger partial charge in [0.15, 0.2) is 17.4 Å². The van der Waals surface area contributed by atoms with Gasteiger partial charge in [0.2, 0.25) is 23.6 Å². The lowest BCUT2D eigenvalue weighted by molar-refractivity contribution is -0.143. The number of likely N-dealkylation sites (N-methyl/N-ethyl adjacent to an activating group) is 2. The maximum atomic E-state index is 12.8. The molecular weight excluding hydrogens is 738 g/mol. The third-order valence-electron chi connectivity index (χ3n) is 11.4. The van der Waals surface area contributed by atoms with Gasteiger partial charge in [0.1, 0.15) is 18.4 Å². The fourth-order valence-corrected chi connectivity index (χ4v) is 7.87. The van der Waals surface area contributed by atoms with Crippen molar-refractivity contribution in [1.29, 1.82) is 0 Å². The van der Waals surface area contributed by atoms with Gasteiger partial charge < -0.3 is 50.6 Å². The molecule has 3 aliphatic rings. The molecule has 6 N–H and O–H groups in total. The van der Waals surface area contributed by atoms with Crippen LogP contribution in [0.15, 0.2) is 6.33 Å². The molecule has 2 fully saturated rings. The van der Waals surface area contributed by atoms with E-state index in [9.17, 15) is 39.0 Å². The number of morpholine rings is 1. The van der Waals surface area contributed by atoms with Crippen LogP contribution in [0.4, 0.5) is 0 Å². The molecule has 0 aromatic carbocycles. The van der Waals surface area contributed by atoms with Crippen molar-refractivity contribution in [2.45, 2.75) is 143 Å². The summed E-state index contributed by atoms with van der Waals surface area (Å²) < 4.78 is 7.42. The summed E-state index contributed by atoms with van der Waals surface area (Å²) in [5.74, 6) is -1.52. The number of rotatable bonds is 18. The number of aromatic nitrogens is 3. The molecule has 4 amide bonds. The van der Waals surface area contributed by atoms with E-state index >= 15 is 0 Å². The van der Waals surface area contributed by atoms with Crippen LogP contribution in [-0.4, -0.2) is 152 Å². The maximum absolute atomic E-state index is 12.8. The minimum atomic E-state index is -1.09. The molecular formula is C39H67N9O9. The van der Waals surface area contributed by atoms with Gasteiger partial charge in [-0.3, -0.25) is 28.8 Å². The van der Waals surface area contributed by atoms with E-state index in [1.807, 2.05) is 37.2 Å². The molecule has 2 unspecified atom stereocenters. The number of carbonyl (C=O) groups excluding carboxylic acids is 6. The minimum absolute atomic E-state index is 0.00130. The number of aliphatic hydroxyl groups is 2. The number of Topliss-reactive ketones (excluding diaryl/α,β-unsaturated/α-hetero) is 2. The zero-order valence-corrected chi connectivity index (χ0v) is 35.4. The van der Waals surface area contributed by atoms with Crippen molar-refractivity contribution in [2.24, 2.45) is 23.7 Å². The summed E-state index contributed by atoms with van der Waals surface area (Å²) in [4.78, 5) is 77.9. The molecule has 0 saturated carbocycles. The van der Waals surface area contributed by atoms with E-state index in [2.05, 4.69) is 31.5 Å². The Morgan fingerprint density at radius 2 is 1.19 bits per heavy atom. The predicted molar refractivity (Wildman–Crippen MR) is 210 cm³/mol. The third kappa shape index (κ3) is 12.6. The van der Waals surface area contributed by atoms with Gasteiger partial charge in [0.25, 0.3) is 0 Å². The number of nitrogens with one attached hydrogen (secondary N) is 4. The second-order valence-corrected chi connectivity index (χ2v) is 16.5. The molecule has 1 aromatic rings. The molecule has 0 radical (unpaired) electrons. The molecule has 4 heterocycles. The summed E-state index contributed by atoms with van der Waals surface area (Å²) in [6.45, 7) is 16.5. The van der Waals surface area contributed by atoms with E-state index in [1.165, 1.54) is 13.8 Å². The SMILES string of the molecule is CN[C@@H](C(=O)N[C@@H](C(C)=O)C(C)C)[C@H](O)[C@H](C)CC(=O)N1C2CCC1COC2.CN[C@@H](C(=O)N[C@@H](C(C)=O)C(C)C)[C@H](O)[C@H](C)CC(=O)N1CCn2cnnc2C1. The number of ether oxygens (including phenoxy) is 1. The van der Waals surface area contributed by atoms with Crippen LogP contribution in [0, 0.1) is 23.7 Å². The van der Waals surface area contributed by atoms with Crippen molar-refractivity contribution in [3.63, 3.8) is 0 Å². The number of amides is 4. The first-order valence-electron chi connectivity index (χ1n) is 20.2. The highest BCUT2D eigenvalue weighted by Crippen LogP contribution is 2.30. The molecule has 322 valence electrons. The Hall–Kier alpha value is -3.84. The first-order valence-corrected chi connectivity index (χ1v) is 20.2. The fraction of sp³-hybridized carbons (Fsp3) is 0.795. The summed E-state index contributed by atoms with van der Waals surface area (Å²) in [5, 5.41) is 40.3. The Labute approximate surface area is 336 Å². The van der Waals surface area contributed by atoms with Crippen molar-refractivity contribution in [3.05, 3.63) is 12.2 Å². The summed E-state index contributed by atoms with van der Waals surface area (Å²) in [6.07, 6.45) is 1.68. The molecule has 2 saturated heterocycles. The number of ketones is 2. The van der Waals surface area contributed by atoms with Gasteiger partial charge in [0, 0.05) is 25.9 Å². The van der Waals surface area contributed by atoms with Gasteiger partial charge in [-0.15, -0.1) is 10.2 Å². The first kappa shape index (κ1) is 47.5. The molecule has 4 rings (SSSR count). The van der Waals surface area contributed by atoms with Crippen LogP contribution in [0.5, 0.6) is 0 Å². The number of fused-ring (bicyclic) bond motifs is 3. The Balaban J connectivity index is 0.000000306. The standard InChI is InChI=1S/C20H35N3O5.C19H32N6O4/c1-11(2)17(13(4)24)22-20(27)18(21-5)19(26)12(3)8-16(25)23-14-6-7-15(23)10-28-9-14;1-11(2)16(13(4)26)22-19(29)17(20-5)18(28)12(3)8-15(27)24-6-7-25-10-21-23-14(25)9-24/h11-12,14-15,17-19,21,26H,6-10H2,1-5H3,(H,22,27);10-12,16-18,20,28H,6-9H2,1-5H3,(H,22,29)/t12-,14?,15?,17-,18-,19-;12-,16-,17-,18-/m11/s1.